The van der Waals surface area contributed by atoms with Crippen molar-refractivity contribution in [2.24, 2.45) is 27.6 Å². The summed E-state index contributed by atoms with van der Waals surface area (Å²) in [5.74, 6) is 2.97. The van der Waals surface area contributed by atoms with Crippen molar-refractivity contribution in [3.8, 4) is 12.3 Å². The fraction of sp³-hybridized carbons (Fsp3) is 0.854. The van der Waals surface area contributed by atoms with Crippen LogP contribution in [0.1, 0.15) is 164 Å². The van der Waals surface area contributed by atoms with Crippen molar-refractivity contribution in [2.45, 2.75) is 192 Å². The van der Waals surface area contributed by atoms with Gasteiger partial charge in [-0.25, -0.2) is 29.3 Å². The molecule has 4 unspecified atom stereocenters. The SMILES string of the molecule is C#CC(CCCOOC(C)(C)C1=CC(C)(C(C)(C)C)C=CC1(C)C(C)(C)C)CC(C)(CCC(C)(C)OOC(C)(C)C)OOC(C)(C)C. The summed E-state index contributed by atoms with van der Waals surface area (Å²) < 4.78 is 0. The Bertz CT molecular complexity index is 1100. The van der Waals surface area contributed by atoms with Crippen molar-refractivity contribution < 1.29 is 29.3 Å². The molecule has 0 aromatic carbocycles. The number of rotatable bonds is 16. The molecule has 6 nitrogen and oxygen atoms in total. The van der Waals surface area contributed by atoms with E-state index in [1.165, 1.54) is 5.57 Å². The van der Waals surface area contributed by atoms with Crippen LogP contribution in [0, 0.1) is 39.9 Å². The van der Waals surface area contributed by atoms with E-state index < -0.39 is 28.0 Å². The maximum Gasteiger partial charge on any atom is 0.120 e. The first-order chi connectivity index (χ1) is 20.8. The predicted molar refractivity (Wildman–Crippen MR) is 195 cm³/mol. The van der Waals surface area contributed by atoms with Crippen LogP contribution < -0.4 is 0 Å². The van der Waals surface area contributed by atoms with Gasteiger partial charge in [0.25, 0.3) is 0 Å². The molecule has 0 saturated heterocycles. The standard InChI is InChI=1S/C41H74O6/c1-21-31(29-40(19,47-44-36(11,12)13)26-24-37(14,15)45-43-35(8,9)10)23-22-28-42-46-38(16,17)32-30-39(18,33(2,3)4)25-27-41(32,20)34(5,6)7/h1,25,27,30-31H,22-24,26,28-29H2,2-20H3. The highest BCUT2D eigenvalue weighted by molar-refractivity contribution is 5.39. The highest BCUT2D eigenvalue weighted by Crippen LogP contribution is 2.57. The minimum Gasteiger partial charge on any atom is -0.236 e. The second kappa shape index (κ2) is 15.4. The van der Waals surface area contributed by atoms with Gasteiger partial charge in [0.05, 0.1) is 23.4 Å². The van der Waals surface area contributed by atoms with Crippen molar-refractivity contribution in [1.29, 1.82) is 0 Å². The maximum atomic E-state index is 6.26. The van der Waals surface area contributed by atoms with E-state index >= 15 is 0 Å². The summed E-state index contributed by atoms with van der Waals surface area (Å²) in [5.41, 5.74) is -1.65. The smallest absolute Gasteiger partial charge is 0.120 e. The fourth-order valence-corrected chi connectivity index (χ4v) is 5.48. The average molecular weight is 663 g/mol. The van der Waals surface area contributed by atoms with Crippen LogP contribution in [0.3, 0.4) is 0 Å². The van der Waals surface area contributed by atoms with Crippen molar-refractivity contribution >= 4 is 0 Å². The van der Waals surface area contributed by atoms with E-state index in [0.717, 1.165) is 12.8 Å². The molecule has 47 heavy (non-hydrogen) atoms. The molecule has 0 aliphatic heterocycles. The summed E-state index contributed by atoms with van der Waals surface area (Å²) in [7, 11) is 0. The van der Waals surface area contributed by atoms with Crippen LogP contribution in [-0.2, 0) is 29.3 Å². The predicted octanol–water partition coefficient (Wildman–Crippen LogP) is 11.5. The zero-order chi connectivity index (χ0) is 37.0. The van der Waals surface area contributed by atoms with Crippen LogP contribution in [0.15, 0.2) is 23.8 Å². The van der Waals surface area contributed by atoms with Gasteiger partial charge in [0.2, 0.25) is 0 Å². The van der Waals surface area contributed by atoms with Crippen LogP contribution >= 0.6 is 0 Å². The Balaban J connectivity index is 2.97. The molecule has 0 bridgehead atoms. The summed E-state index contributed by atoms with van der Waals surface area (Å²) in [4.78, 5) is 35.6. The van der Waals surface area contributed by atoms with Gasteiger partial charge in [-0.3, -0.25) is 0 Å². The van der Waals surface area contributed by atoms with Crippen LogP contribution in [-0.4, -0.2) is 34.6 Å². The average Bonchev–Trinajstić information content (AvgIpc) is 2.88. The molecule has 0 N–H and O–H groups in total. The van der Waals surface area contributed by atoms with Gasteiger partial charge in [-0.05, 0) is 125 Å². The summed E-state index contributed by atoms with van der Waals surface area (Å²) in [6.45, 7) is 41.0. The van der Waals surface area contributed by atoms with Crippen molar-refractivity contribution in [3.63, 3.8) is 0 Å². The van der Waals surface area contributed by atoms with E-state index in [1.807, 2.05) is 55.4 Å². The normalized spacial score (nSPS) is 23.7. The van der Waals surface area contributed by atoms with Gasteiger partial charge in [-0.1, -0.05) is 73.6 Å². The number of hydrogen-bond donors (Lipinski definition) is 0. The molecule has 274 valence electrons. The molecule has 6 heteroatoms. The van der Waals surface area contributed by atoms with Crippen LogP contribution in [0.5, 0.6) is 0 Å². The van der Waals surface area contributed by atoms with Gasteiger partial charge in [-0.2, -0.15) is 0 Å². The van der Waals surface area contributed by atoms with E-state index in [4.69, 9.17) is 35.7 Å². The van der Waals surface area contributed by atoms with Crippen molar-refractivity contribution in [2.75, 3.05) is 6.61 Å². The van der Waals surface area contributed by atoms with E-state index in [-0.39, 0.29) is 27.6 Å². The zero-order valence-corrected chi connectivity index (χ0v) is 34.1. The molecule has 1 aliphatic carbocycles. The summed E-state index contributed by atoms with van der Waals surface area (Å²) in [6.07, 6.45) is 16.8. The van der Waals surface area contributed by atoms with E-state index in [0.29, 0.717) is 25.9 Å². The molecule has 4 atom stereocenters. The van der Waals surface area contributed by atoms with Gasteiger partial charge in [-0.15, -0.1) is 12.3 Å². The molecular weight excluding hydrogens is 588 g/mol. The number of hydrogen-bond acceptors (Lipinski definition) is 6. The van der Waals surface area contributed by atoms with Crippen LogP contribution in [0.2, 0.25) is 0 Å². The molecule has 0 heterocycles. The monoisotopic (exact) mass is 663 g/mol. The van der Waals surface area contributed by atoms with E-state index in [2.05, 4.69) is 100 Å². The topological polar surface area (TPSA) is 55.4 Å². The largest absolute Gasteiger partial charge is 0.236 e. The second-order valence-corrected chi connectivity index (χ2v) is 19.8. The Morgan fingerprint density at radius 1 is 0.681 bits per heavy atom. The lowest BCUT2D eigenvalue weighted by atomic mass is 9.53. The number of allylic oxidation sites excluding steroid dienone is 3. The zero-order valence-electron chi connectivity index (χ0n) is 34.1. The molecule has 0 saturated carbocycles. The van der Waals surface area contributed by atoms with E-state index in [9.17, 15) is 0 Å². The summed E-state index contributed by atoms with van der Waals surface area (Å²) >= 11 is 0. The molecule has 0 amide bonds. The fourth-order valence-electron chi connectivity index (χ4n) is 5.48. The van der Waals surface area contributed by atoms with Gasteiger partial charge < -0.3 is 0 Å². The van der Waals surface area contributed by atoms with Crippen LogP contribution in [0.4, 0.5) is 0 Å². The highest BCUT2D eigenvalue weighted by atomic mass is 17.2. The first kappa shape index (κ1) is 43.8. The minimum absolute atomic E-state index is 0.0123. The number of terminal acetylenes is 1. The molecule has 0 aromatic heterocycles. The molecule has 0 spiro atoms. The molecule has 1 rings (SSSR count). The van der Waals surface area contributed by atoms with Gasteiger partial charge in [0, 0.05) is 16.7 Å². The van der Waals surface area contributed by atoms with E-state index in [1.54, 1.807) is 0 Å². The molecule has 0 radical (unpaired) electrons. The van der Waals surface area contributed by atoms with Crippen molar-refractivity contribution in [3.05, 3.63) is 23.8 Å². The lowest BCUT2D eigenvalue weighted by Crippen LogP contribution is -2.47. The molecule has 1 aliphatic rings. The summed E-state index contributed by atoms with van der Waals surface area (Å²) in [5, 5.41) is 0. The Hall–Kier alpha value is -1.20. The molecule has 0 fully saturated rings. The van der Waals surface area contributed by atoms with Crippen molar-refractivity contribution in [1.82, 2.24) is 0 Å². The third-order valence-electron chi connectivity index (χ3n) is 9.82. The minimum atomic E-state index is -0.632. The summed E-state index contributed by atoms with van der Waals surface area (Å²) in [6, 6.07) is 0. The molecule has 0 aromatic rings. The van der Waals surface area contributed by atoms with Gasteiger partial charge in [0.1, 0.15) is 11.2 Å². The Morgan fingerprint density at radius 2 is 1.21 bits per heavy atom. The lowest BCUT2D eigenvalue weighted by Gasteiger charge is -2.52. The second-order valence-electron chi connectivity index (χ2n) is 19.8. The maximum absolute atomic E-state index is 6.26. The third-order valence-corrected chi connectivity index (χ3v) is 9.82. The third kappa shape index (κ3) is 13.6. The van der Waals surface area contributed by atoms with Crippen LogP contribution in [0.25, 0.3) is 0 Å². The Morgan fingerprint density at radius 3 is 1.68 bits per heavy atom. The highest BCUT2D eigenvalue weighted by Gasteiger charge is 2.50. The van der Waals surface area contributed by atoms with Gasteiger partial charge in [0.15, 0.2) is 0 Å². The first-order valence-corrected chi connectivity index (χ1v) is 17.8. The first-order valence-electron chi connectivity index (χ1n) is 17.8. The molecular formula is C41H74O6. The quantitative estimate of drug-likeness (QED) is 0.0539. The van der Waals surface area contributed by atoms with Gasteiger partial charge >= 0.3 is 0 Å². The lowest BCUT2D eigenvalue weighted by molar-refractivity contribution is -0.413. The Labute approximate surface area is 290 Å². The Kier molecular flexibility index (Phi) is 14.3.